The highest BCUT2D eigenvalue weighted by Gasteiger charge is 2.21. The minimum atomic E-state index is 0.202. The minimum absolute atomic E-state index is 0.202. The van der Waals surface area contributed by atoms with Gasteiger partial charge in [0.2, 0.25) is 5.88 Å². The smallest absolute Gasteiger partial charge is 0.229 e. The highest BCUT2D eigenvalue weighted by Crippen LogP contribution is 2.39. The molecule has 1 aromatic carbocycles. The average molecular weight is 324 g/mol. The fraction of sp³-hybridized carbons (Fsp3) is 0.316. The van der Waals surface area contributed by atoms with Crippen molar-refractivity contribution in [3.63, 3.8) is 0 Å². The van der Waals surface area contributed by atoms with E-state index in [0.717, 1.165) is 35.5 Å². The Balaban J connectivity index is 2.01. The normalized spacial score (nSPS) is 12.7. The molecule has 24 heavy (non-hydrogen) atoms. The lowest BCUT2D eigenvalue weighted by Crippen LogP contribution is -2.28. The van der Waals surface area contributed by atoms with E-state index in [0.29, 0.717) is 19.0 Å². The fourth-order valence-corrected chi connectivity index (χ4v) is 2.60. The lowest BCUT2D eigenvalue weighted by atomic mass is 10.1. The van der Waals surface area contributed by atoms with Crippen LogP contribution in [0, 0.1) is 11.8 Å². The standard InChI is InChI=1S/C19H20N2O3/c1-3-4-5-6-14-11-15(13-20-19(14)23-2)21-9-10-24-18-8-7-16(22)12-17(18)21/h7-8,11-13,22H,3-4,9-10H2,1-2H3. The van der Waals surface area contributed by atoms with Gasteiger partial charge in [-0.1, -0.05) is 18.8 Å². The van der Waals surface area contributed by atoms with Crippen molar-refractivity contribution in [2.24, 2.45) is 0 Å². The van der Waals surface area contributed by atoms with Crippen LogP contribution in [0.5, 0.6) is 17.4 Å². The number of fused-ring (bicyclic) bond motifs is 1. The van der Waals surface area contributed by atoms with Gasteiger partial charge in [0.1, 0.15) is 18.1 Å². The second-order valence-corrected chi connectivity index (χ2v) is 5.45. The van der Waals surface area contributed by atoms with E-state index in [4.69, 9.17) is 9.47 Å². The molecule has 0 amide bonds. The van der Waals surface area contributed by atoms with Gasteiger partial charge in [-0.15, -0.1) is 0 Å². The number of aromatic hydroxyl groups is 1. The molecular weight excluding hydrogens is 304 g/mol. The SMILES string of the molecule is CCCC#Cc1cc(N2CCOc3ccc(O)cc32)cnc1OC. The third-order valence-corrected chi connectivity index (χ3v) is 3.75. The summed E-state index contributed by atoms with van der Waals surface area (Å²) in [6.07, 6.45) is 3.60. The van der Waals surface area contributed by atoms with Crippen LogP contribution in [0.3, 0.4) is 0 Å². The van der Waals surface area contributed by atoms with Crippen molar-refractivity contribution in [2.75, 3.05) is 25.2 Å². The highest BCUT2D eigenvalue weighted by molar-refractivity contribution is 5.72. The zero-order chi connectivity index (χ0) is 16.9. The molecule has 124 valence electrons. The molecule has 2 heterocycles. The first-order valence-electron chi connectivity index (χ1n) is 7.99. The van der Waals surface area contributed by atoms with Gasteiger partial charge >= 0.3 is 0 Å². The molecule has 0 spiro atoms. The zero-order valence-corrected chi connectivity index (χ0v) is 13.9. The Hall–Kier alpha value is -2.87. The first kappa shape index (κ1) is 16.0. The van der Waals surface area contributed by atoms with E-state index in [1.54, 1.807) is 31.5 Å². The third-order valence-electron chi connectivity index (χ3n) is 3.75. The Labute approximate surface area is 141 Å². The molecule has 5 nitrogen and oxygen atoms in total. The Morgan fingerprint density at radius 1 is 1.38 bits per heavy atom. The van der Waals surface area contributed by atoms with E-state index >= 15 is 0 Å². The Bertz CT molecular complexity index is 793. The highest BCUT2D eigenvalue weighted by atomic mass is 16.5. The van der Waals surface area contributed by atoms with Crippen LogP contribution in [-0.4, -0.2) is 30.4 Å². The Morgan fingerprint density at radius 3 is 3.04 bits per heavy atom. The maximum Gasteiger partial charge on any atom is 0.229 e. The van der Waals surface area contributed by atoms with E-state index in [1.165, 1.54) is 0 Å². The van der Waals surface area contributed by atoms with Gasteiger partial charge in [-0.25, -0.2) is 4.98 Å². The monoisotopic (exact) mass is 324 g/mol. The van der Waals surface area contributed by atoms with Gasteiger partial charge in [-0.3, -0.25) is 0 Å². The van der Waals surface area contributed by atoms with Crippen molar-refractivity contribution in [3.8, 4) is 29.2 Å². The van der Waals surface area contributed by atoms with Crippen molar-refractivity contribution in [3.05, 3.63) is 36.0 Å². The first-order chi connectivity index (χ1) is 11.7. The summed E-state index contributed by atoms with van der Waals surface area (Å²) in [7, 11) is 1.59. The van der Waals surface area contributed by atoms with Crippen LogP contribution in [0.1, 0.15) is 25.3 Å². The molecule has 1 aliphatic rings. The maximum atomic E-state index is 9.79. The van der Waals surface area contributed by atoms with Crippen molar-refractivity contribution in [2.45, 2.75) is 19.8 Å². The largest absolute Gasteiger partial charge is 0.508 e. The van der Waals surface area contributed by atoms with E-state index in [2.05, 4.69) is 28.6 Å². The predicted octanol–water partition coefficient (Wildman–Crippen LogP) is 3.48. The van der Waals surface area contributed by atoms with Crippen LogP contribution >= 0.6 is 0 Å². The third kappa shape index (κ3) is 3.23. The van der Waals surface area contributed by atoms with Gasteiger partial charge in [0.15, 0.2) is 0 Å². The summed E-state index contributed by atoms with van der Waals surface area (Å²) in [6, 6.07) is 7.06. The topological polar surface area (TPSA) is 54.8 Å². The quantitative estimate of drug-likeness (QED) is 0.876. The molecule has 2 aromatic rings. The number of ether oxygens (including phenoxy) is 2. The lowest BCUT2D eigenvalue weighted by molar-refractivity contribution is 0.313. The molecule has 0 atom stereocenters. The number of benzene rings is 1. The van der Waals surface area contributed by atoms with Gasteiger partial charge < -0.3 is 19.5 Å². The second-order valence-electron chi connectivity index (χ2n) is 5.45. The predicted molar refractivity (Wildman–Crippen MR) is 93.2 cm³/mol. The number of phenolic OH excluding ortho intramolecular Hbond substituents is 1. The van der Waals surface area contributed by atoms with Crippen LogP contribution in [0.4, 0.5) is 11.4 Å². The molecular formula is C19H20N2O3. The number of hydrogen-bond donors (Lipinski definition) is 1. The van der Waals surface area contributed by atoms with E-state index in [1.807, 2.05) is 6.07 Å². The summed E-state index contributed by atoms with van der Waals surface area (Å²) in [5.41, 5.74) is 2.48. The second kappa shape index (κ2) is 7.14. The van der Waals surface area contributed by atoms with Crippen molar-refractivity contribution >= 4 is 11.4 Å². The molecule has 0 aliphatic carbocycles. The van der Waals surface area contributed by atoms with Crippen LogP contribution < -0.4 is 14.4 Å². The van der Waals surface area contributed by atoms with Crippen LogP contribution in [0.15, 0.2) is 30.5 Å². The molecule has 0 bridgehead atoms. The number of phenols is 1. The van der Waals surface area contributed by atoms with Gasteiger partial charge in [-0.05, 0) is 24.6 Å². The zero-order valence-electron chi connectivity index (χ0n) is 13.9. The van der Waals surface area contributed by atoms with Crippen LogP contribution in [0.2, 0.25) is 0 Å². The number of rotatable bonds is 3. The van der Waals surface area contributed by atoms with Gasteiger partial charge in [0.25, 0.3) is 0 Å². The summed E-state index contributed by atoms with van der Waals surface area (Å²) in [6.45, 7) is 3.34. The van der Waals surface area contributed by atoms with Gasteiger partial charge in [0, 0.05) is 12.5 Å². The summed E-state index contributed by atoms with van der Waals surface area (Å²) >= 11 is 0. The molecule has 0 saturated heterocycles. The van der Waals surface area contributed by atoms with E-state index < -0.39 is 0 Å². The van der Waals surface area contributed by atoms with Crippen LogP contribution in [-0.2, 0) is 0 Å². The summed E-state index contributed by atoms with van der Waals surface area (Å²) < 4.78 is 11.0. The maximum absolute atomic E-state index is 9.79. The molecule has 1 N–H and O–H groups in total. The average Bonchev–Trinajstić information content (AvgIpc) is 2.61. The fourth-order valence-electron chi connectivity index (χ4n) is 2.60. The van der Waals surface area contributed by atoms with E-state index in [9.17, 15) is 5.11 Å². The van der Waals surface area contributed by atoms with Crippen molar-refractivity contribution < 1.29 is 14.6 Å². The number of pyridine rings is 1. The molecule has 0 saturated carbocycles. The molecule has 5 heteroatoms. The number of anilines is 2. The molecule has 1 aliphatic heterocycles. The van der Waals surface area contributed by atoms with E-state index in [-0.39, 0.29) is 5.75 Å². The summed E-state index contributed by atoms with van der Waals surface area (Å²) in [4.78, 5) is 6.44. The lowest BCUT2D eigenvalue weighted by Gasteiger charge is -2.31. The number of unbranched alkanes of at least 4 members (excludes halogenated alkanes) is 1. The Kier molecular flexibility index (Phi) is 4.76. The number of hydrogen-bond acceptors (Lipinski definition) is 5. The number of nitrogens with zero attached hydrogens (tertiary/aromatic N) is 2. The summed E-state index contributed by atoms with van der Waals surface area (Å²) in [5, 5.41) is 9.79. The first-order valence-corrected chi connectivity index (χ1v) is 7.99. The summed E-state index contributed by atoms with van der Waals surface area (Å²) in [5.74, 6) is 7.73. The van der Waals surface area contributed by atoms with Crippen molar-refractivity contribution in [1.29, 1.82) is 0 Å². The number of methoxy groups -OCH3 is 1. The molecule has 3 rings (SSSR count). The molecule has 1 aromatic heterocycles. The number of aromatic nitrogens is 1. The van der Waals surface area contributed by atoms with Gasteiger partial charge in [0.05, 0.1) is 36.8 Å². The Morgan fingerprint density at radius 2 is 2.25 bits per heavy atom. The molecule has 0 fully saturated rings. The van der Waals surface area contributed by atoms with Gasteiger partial charge in [-0.2, -0.15) is 0 Å². The van der Waals surface area contributed by atoms with Crippen LogP contribution in [0.25, 0.3) is 0 Å². The molecule has 0 radical (unpaired) electrons. The minimum Gasteiger partial charge on any atom is -0.508 e. The molecule has 0 unspecified atom stereocenters. The van der Waals surface area contributed by atoms with Crippen molar-refractivity contribution in [1.82, 2.24) is 4.98 Å².